The summed E-state index contributed by atoms with van der Waals surface area (Å²) in [5.74, 6) is -11.5. The quantitative estimate of drug-likeness (QED) is 0.229. The van der Waals surface area contributed by atoms with Crippen molar-refractivity contribution in [3.05, 3.63) is 88.7 Å². The number of methoxy groups -OCH3 is 1. The van der Waals surface area contributed by atoms with Crippen molar-refractivity contribution >= 4 is 5.69 Å². The average Bonchev–Trinajstić information content (AvgIpc) is 2.77. The van der Waals surface area contributed by atoms with E-state index < -0.39 is 41.4 Å². The van der Waals surface area contributed by atoms with Gasteiger partial charge in [-0.05, 0) is 29.8 Å². The molecule has 9 heteroatoms. The number of hydrazine groups is 1. The van der Waals surface area contributed by atoms with E-state index in [4.69, 9.17) is 9.47 Å². The first-order valence-electron chi connectivity index (χ1n) is 8.76. The Morgan fingerprint density at radius 2 is 1.43 bits per heavy atom. The second-order valence-corrected chi connectivity index (χ2v) is 6.18. The van der Waals surface area contributed by atoms with Crippen molar-refractivity contribution in [1.82, 2.24) is 5.43 Å². The van der Waals surface area contributed by atoms with Gasteiger partial charge in [0.05, 0.1) is 7.11 Å². The molecule has 0 aliphatic rings. The van der Waals surface area contributed by atoms with Crippen LogP contribution in [0, 0.1) is 29.1 Å². The van der Waals surface area contributed by atoms with Gasteiger partial charge in [0.2, 0.25) is 29.1 Å². The Kier molecular flexibility index (Phi) is 6.73. The lowest BCUT2D eigenvalue weighted by molar-refractivity contribution is 0.249. The molecule has 4 nitrogen and oxygen atoms in total. The zero-order chi connectivity index (χ0) is 21.7. The molecule has 0 aliphatic carbocycles. The van der Waals surface area contributed by atoms with Crippen LogP contribution in [0.1, 0.15) is 11.1 Å². The molecule has 158 valence electrons. The molecular formula is C21H17F5N2O2. The van der Waals surface area contributed by atoms with Crippen molar-refractivity contribution in [2.45, 2.75) is 13.2 Å². The number of benzene rings is 3. The third-order valence-electron chi connectivity index (χ3n) is 4.19. The molecule has 0 unspecified atom stereocenters. The summed E-state index contributed by atoms with van der Waals surface area (Å²) in [5, 5.41) is 0. The van der Waals surface area contributed by atoms with Gasteiger partial charge in [0.15, 0.2) is 5.75 Å². The fourth-order valence-corrected chi connectivity index (χ4v) is 2.69. The lowest BCUT2D eigenvalue weighted by atomic mass is 10.1. The molecule has 0 heterocycles. The van der Waals surface area contributed by atoms with E-state index in [2.05, 4.69) is 10.9 Å². The molecule has 0 fully saturated rings. The van der Waals surface area contributed by atoms with Crippen LogP contribution in [0.15, 0.2) is 48.5 Å². The minimum Gasteiger partial charge on any atom is -0.496 e. The predicted molar refractivity (Wildman–Crippen MR) is 100 cm³/mol. The molecule has 0 aromatic heterocycles. The maximum atomic E-state index is 13.8. The van der Waals surface area contributed by atoms with E-state index in [1.165, 1.54) is 7.11 Å². The minimum atomic E-state index is -2.24. The van der Waals surface area contributed by atoms with Crippen molar-refractivity contribution in [3.8, 4) is 11.5 Å². The second kappa shape index (κ2) is 9.45. The van der Waals surface area contributed by atoms with Crippen molar-refractivity contribution < 1.29 is 31.4 Å². The van der Waals surface area contributed by atoms with Gasteiger partial charge in [-0.25, -0.2) is 18.6 Å². The standard InChI is InChI=1S/C21H17F5N2O2/c1-29-15-8-7-12(10-27-28-14-5-3-2-4-6-14)9-13(15)11-30-21-19(25)17(23)16(22)18(24)20(21)26/h2-9,27-28H,10-11H2,1H3. The average molecular weight is 424 g/mol. The van der Waals surface area contributed by atoms with E-state index in [0.717, 1.165) is 11.3 Å². The SMILES string of the molecule is COc1ccc(CNNc2ccccc2)cc1COc1c(F)c(F)c(F)c(F)c1F. The van der Waals surface area contributed by atoms with Crippen LogP contribution in [0.25, 0.3) is 0 Å². The van der Waals surface area contributed by atoms with Crippen molar-refractivity contribution in [3.63, 3.8) is 0 Å². The summed E-state index contributed by atoms with van der Waals surface area (Å²) in [5.41, 5.74) is 7.97. The molecule has 0 saturated heterocycles. The van der Waals surface area contributed by atoms with Gasteiger partial charge in [0.1, 0.15) is 12.4 Å². The third kappa shape index (κ3) is 4.62. The summed E-state index contributed by atoms with van der Waals surface area (Å²) >= 11 is 0. The highest BCUT2D eigenvalue weighted by Gasteiger charge is 2.27. The summed E-state index contributed by atoms with van der Waals surface area (Å²) in [6.07, 6.45) is 0. The van der Waals surface area contributed by atoms with Gasteiger partial charge in [-0.3, -0.25) is 0 Å². The monoisotopic (exact) mass is 424 g/mol. The topological polar surface area (TPSA) is 42.5 Å². The highest BCUT2D eigenvalue weighted by atomic mass is 19.2. The number of para-hydroxylation sites is 1. The van der Waals surface area contributed by atoms with Gasteiger partial charge in [-0.1, -0.05) is 24.3 Å². The second-order valence-electron chi connectivity index (χ2n) is 6.18. The van der Waals surface area contributed by atoms with Crippen LogP contribution in [-0.2, 0) is 13.2 Å². The Morgan fingerprint density at radius 1 is 0.800 bits per heavy atom. The molecule has 0 atom stereocenters. The highest BCUT2D eigenvalue weighted by molar-refractivity contribution is 5.42. The summed E-state index contributed by atoms with van der Waals surface area (Å²) in [6, 6.07) is 14.3. The Balaban J connectivity index is 1.73. The van der Waals surface area contributed by atoms with Crippen molar-refractivity contribution in [2.24, 2.45) is 0 Å². The number of hydrogen-bond donors (Lipinski definition) is 2. The van der Waals surface area contributed by atoms with Crippen LogP contribution < -0.4 is 20.3 Å². The molecular weight excluding hydrogens is 407 g/mol. The number of anilines is 1. The van der Waals surface area contributed by atoms with E-state index in [1.807, 2.05) is 30.3 Å². The summed E-state index contributed by atoms with van der Waals surface area (Å²) in [7, 11) is 1.38. The highest BCUT2D eigenvalue weighted by Crippen LogP contribution is 2.30. The first kappa shape index (κ1) is 21.4. The molecule has 3 aromatic rings. The fourth-order valence-electron chi connectivity index (χ4n) is 2.69. The molecule has 0 bridgehead atoms. The fraction of sp³-hybridized carbons (Fsp3) is 0.143. The predicted octanol–water partition coefficient (Wildman–Crippen LogP) is 5.09. The molecule has 3 rings (SSSR count). The van der Waals surface area contributed by atoms with E-state index in [9.17, 15) is 22.0 Å². The summed E-state index contributed by atoms with van der Waals surface area (Å²) in [6.45, 7) is -0.101. The minimum absolute atomic E-state index is 0.332. The maximum Gasteiger partial charge on any atom is 0.207 e. The van der Waals surface area contributed by atoms with Gasteiger partial charge in [-0.2, -0.15) is 8.78 Å². The summed E-state index contributed by atoms with van der Waals surface area (Å²) < 4.78 is 77.5. The van der Waals surface area contributed by atoms with Crippen LogP contribution in [-0.4, -0.2) is 7.11 Å². The normalized spacial score (nSPS) is 10.7. The van der Waals surface area contributed by atoms with Crippen LogP contribution in [0.2, 0.25) is 0 Å². The number of nitrogens with one attached hydrogen (secondary N) is 2. The molecule has 0 amide bonds. The van der Waals surface area contributed by atoms with Crippen LogP contribution in [0.3, 0.4) is 0 Å². The van der Waals surface area contributed by atoms with Crippen molar-refractivity contribution in [1.29, 1.82) is 0 Å². The first-order chi connectivity index (χ1) is 14.4. The largest absolute Gasteiger partial charge is 0.496 e. The molecule has 0 radical (unpaired) electrons. The molecule has 0 spiro atoms. The van der Waals surface area contributed by atoms with Crippen LogP contribution in [0.4, 0.5) is 27.6 Å². The Bertz CT molecular complexity index is 1000. The lowest BCUT2D eigenvalue weighted by Crippen LogP contribution is -2.20. The summed E-state index contributed by atoms with van der Waals surface area (Å²) in [4.78, 5) is 0. The molecule has 2 N–H and O–H groups in total. The zero-order valence-corrected chi connectivity index (χ0v) is 15.7. The molecule has 3 aromatic carbocycles. The Labute approximate surface area is 169 Å². The van der Waals surface area contributed by atoms with E-state index in [1.54, 1.807) is 18.2 Å². The number of hydrogen-bond acceptors (Lipinski definition) is 4. The van der Waals surface area contributed by atoms with Gasteiger partial charge in [0.25, 0.3) is 0 Å². The van der Waals surface area contributed by atoms with Gasteiger partial charge in [-0.15, -0.1) is 0 Å². The maximum absolute atomic E-state index is 13.8. The van der Waals surface area contributed by atoms with Crippen LogP contribution >= 0.6 is 0 Å². The number of halogens is 5. The van der Waals surface area contributed by atoms with Gasteiger partial charge < -0.3 is 14.9 Å². The molecule has 0 saturated carbocycles. The molecule has 30 heavy (non-hydrogen) atoms. The Hall–Kier alpha value is -3.33. The number of rotatable bonds is 8. The van der Waals surface area contributed by atoms with E-state index in [-0.39, 0.29) is 0 Å². The molecule has 0 aliphatic heterocycles. The smallest absolute Gasteiger partial charge is 0.207 e. The third-order valence-corrected chi connectivity index (χ3v) is 4.19. The lowest BCUT2D eigenvalue weighted by Gasteiger charge is -2.14. The first-order valence-corrected chi connectivity index (χ1v) is 8.76. The van der Waals surface area contributed by atoms with E-state index >= 15 is 0 Å². The van der Waals surface area contributed by atoms with Crippen molar-refractivity contribution in [2.75, 3.05) is 12.5 Å². The van der Waals surface area contributed by atoms with E-state index in [0.29, 0.717) is 17.9 Å². The van der Waals surface area contributed by atoms with Gasteiger partial charge >= 0.3 is 0 Å². The Morgan fingerprint density at radius 3 is 2.07 bits per heavy atom. The number of ether oxygens (including phenoxy) is 2. The van der Waals surface area contributed by atoms with Gasteiger partial charge in [0, 0.05) is 17.8 Å². The van der Waals surface area contributed by atoms with Crippen LogP contribution in [0.5, 0.6) is 11.5 Å². The zero-order valence-electron chi connectivity index (χ0n) is 15.7.